The van der Waals surface area contributed by atoms with E-state index in [4.69, 9.17) is 21.7 Å². The predicted molar refractivity (Wildman–Crippen MR) is 237 cm³/mol. The van der Waals surface area contributed by atoms with E-state index in [-0.39, 0.29) is 18.6 Å². The molecule has 0 bridgehead atoms. The van der Waals surface area contributed by atoms with E-state index < -0.39 is 188 Å². The summed E-state index contributed by atoms with van der Waals surface area (Å²) in [6, 6.07) is -13.2. The monoisotopic (exact) mass is 1010 g/mol. The fourth-order valence-corrected chi connectivity index (χ4v) is 6.27. The minimum Gasteiger partial charge on any atom is -0.481 e. The van der Waals surface area contributed by atoms with Crippen molar-refractivity contribution in [3.8, 4) is 0 Å². The van der Waals surface area contributed by atoms with Gasteiger partial charge in [0.15, 0.2) is 0 Å². The minimum atomic E-state index is -1.90. The Morgan fingerprint density at radius 2 is 0.870 bits per heavy atom. The van der Waals surface area contributed by atoms with E-state index in [1.165, 1.54) is 39.5 Å². The number of carboxylic acids is 5. The first kappa shape index (κ1) is 61.9. The van der Waals surface area contributed by atoms with Gasteiger partial charge in [0, 0.05) is 12.8 Å². The molecule has 0 spiro atoms. The molecule has 0 fully saturated rings. The molecule has 30 heteroatoms. The molecular formula is C39H62N10O19S. The van der Waals surface area contributed by atoms with E-state index in [0.717, 1.165) is 0 Å². The number of nitrogens with two attached hydrogens (primary N) is 2. The van der Waals surface area contributed by atoms with Gasteiger partial charge in [-0.1, -0.05) is 27.7 Å². The Kier molecular flexibility index (Phi) is 27.8. The van der Waals surface area contributed by atoms with Crippen molar-refractivity contribution in [2.75, 3.05) is 18.6 Å². The first-order valence-electron chi connectivity index (χ1n) is 21.0. The molecule has 0 aliphatic rings. The van der Waals surface area contributed by atoms with Crippen molar-refractivity contribution in [1.29, 1.82) is 0 Å². The maximum Gasteiger partial charge on any atom is 0.326 e. The molecule has 17 N–H and O–H groups in total. The van der Waals surface area contributed by atoms with Crippen LogP contribution in [0.3, 0.4) is 0 Å². The van der Waals surface area contributed by atoms with E-state index in [0.29, 0.717) is 0 Å². The summed E-state index contributed by atoms with van der Waals surface area (Å²) in [5.74, 6) is -18.8. The maximum absolute atomic E-state index is 13.8. The molecule has 0 aliphatic carbocycles. The van der Waals surface area contributed by atoms with Gasteiger partial charge in [-0.2, -0.15) is 11.8 Å². The zero-order chi connectivity index (χ0) is 53.3. The molecule has 0 radical (unpaired) electrons. The van der Waals surface area contributed by atoms with Crippen molar-refractivity contribution in [3.05, 3.63) is 0 Å². The van der Waals surface area contributed by atoms with Gasteiger partial charge in [-0.15, -0.1) is 0 Å². The molecule has 0 aromatic rings. The van der Waals surface area contributed by atoms with Crippen LogP contribution in [0, 0.1) is 11.8 Å². The fraction of sp³-hybridized carbons (Fsp3) is 0.641. The first-order valence-corrected chi connectivity index (χ1v) is 22.4. The maximum atomic E-state index is 13.8. The van der Waals surface area contributed by atoms with Crippen molar-refractivity contribution in [2.45, 2.75) is 127 Å². The largest absolute Gasteiger partial charge is 0.481 e. The van der Waals surface area contributed by atoms with Gasteiger partial charge >= 0.3 is 29.8 Å². The summed E-state index contributed by atoms with van der Waals surface area (Å²) >= 11 is 1.22. The van der Waals surface area contributed by atoms with Gasteiger partial charge in [-0.05, 0) is 43.1 Å². The van der Waals surface area contributed by atoms with Crippen LogP contribution in [0.15, 0.2) is 0 Å². The Labute approximate surface area is 398 Å². The first-order chi connectivity index (χ1) is 32.0. The summed E-state index contributed by atoms with van der Waals surface area (Å²) in [6.45, 7) is 4.88. The zero-order valence-corrected chi connectivity index (χ0v) is 39.2. The number of aliphatic carboxylic acids is 5. The number of thioether (sulfide) groups is 1. The van der Waals surface area contributed by atoms with Crippen LogP contribution < -0.4 is 54.0 Å². The Bertz CT molecular complexity index is 1920. The lowest BCUT2D eigenvalue weighted by Crippen LogP contribution is -2.61. The topological polar surface area (TPSA) is 488 Å². The number of carbonyl (C=O) groups excluding carboxylic acids is 9. The molecule has 0 aromatic heterocycles. The van der Waals surface area contributed by atoms with E-state index in [1.807, 2.05) is 5.32 Å². The van der Waals surface area contributed by atoms with Crippen LogP contribution in [0.25, 0.3) is 0 Å². The van der Waals surface area contributed by atoms with Gasteiger partial charge in [0.1, 0.15) is 42.3 Å². The highest BCUT2D eigenvalue weighted by molar-refractivity contribution is 7.98. The van der Waals surface area contributed by atoms with Crippen molar-refractivity contribution < 1.29 is 92.7 Å². The molecule has 0 aliphatic heterocycles. The molecule has 0 saturated heterocycles. The third-order valence-electron chi connectivity index (χ3n) is 9.51. The molecule has 9 amide bonds. The van der Waals surface area contributed by atoms with Crippen LogP contribution in [0.2, 0.25) is 0 Å². The number of carboxylic acid groups (broad SMARTS) is 5. The zero-order valence-electron chi connectivity index (χ0n) is 38.4. The SMILES string of the molecule is CSCC[C@H](NC(=O)[C@@H](NC(=O)[C@H](CCC(N)=O)NC(=O)CNC(=O)[C@H](CC(=O)O)NC(=O)[C@@H](N)CCC(=O)O)C(C)C)C(=O)N[C@@H](CC(=O)O)C(=O)N[C@H](C(=O)N[C@@H](CC(=O)O)C(=O)O)C(C)C. The molecule has 0 heterocycles. The van der Waals surface area contributed by atoms with E-state index in [9.17, 15) is 82.4 Å². The van der Waals surface area contributed by atoms with Gasteiger partial charge in [0.25, 0.3) is 0 Å². The second kappa shape index (κ2) is 31.0. The lowest BCUT2D eigenvalue weighted by atomic mass is 10.0. The summed E-state index contributed by atoms with van der Waals surface area (Å²) in [7, 11) is 0. The number of carbonyl (C=O) groups is 14. The Morgan fingerprint density at radius 1 is 0.464 bits per heavy atom. The summed E-state index contributed by atoms with van der Waals surface area (Å²) in [6.07, 6.45) is -3.35. The molecule has 8 atom stereocenters. The molecule has 0 rings (SSSR count). The second-order valence-electron chi connectivity index (χ2n) is 16.0. The van der Waals surface area contributed by atoms with Crippen molar-refractivity contribution in [2.24, 2.45) is 23.3 Å². The molecular weight excluding hydrogens is 945 g/mol. The van der Waals surface area contributed by atoms with Crippen LogP contribution in [0.5, 0.6) is 0 Å². The van der Waals surface area contributed by atoms with Gasteiger partial charge in [0.2, 0.25) is 53.2 Å². The summed E-state index contributed by atoms with van der Waals surface area (Å²) in [4.78, 5) is 174. The predicted octanol–water partition coefficient (Wildman–Crippen LogP) is -5.47. The van der Waals surface area contributed by atoms with Crippen molar-refractivity contribution in [3.63, 3.8) is 0 Å². The number of nitrogens with one attached hydrogen (secondary N) is 8. The Hall–Kier alpha value is -7.11. The summed E-state index contributed by atoms with van der Waals surface area (Å²) in [5, 5.41) is 63.7. The highest BCUT2D eigenvalue weighted by atomic mass is 32.2. The highest BCUT2D eigenvalue weighted by Gasteiger charge is 2.36. The van der Waals surface area contributed by atoms with E-state index in [2.05, 4.69) is 37.2 Å². The highest BCUT2D eigenvalue weighted by Crippen LogP contribution is 2.10. The molecule has 0 unspecified atom stereocenters. The van der Waals surface area contributed by atoms with Crippen LogP contribution in [-0.4, -0.2) is 175 Å². The number of rotatable bonds is 34. The van der Waals surface area contributed by atoms with Crippen LogP contribution >= 0.6 is 11.8 Å². The molecule has 388 valence electrons. The second-order valence-corrected chi connectivity index (χ2v) is 17.0. The van der Waals surface area contributed by atoms with E-state index in [1.54, 1.807) is 6.26 Å². The van der Waals surface area contributed by atoms with Crippen molar-refractivity contribution >= 4 is 94.8 Å². The number of amides is 9. The van der Waals surface area contributed by atoms with E-state index >= 15 is 0 Å². The average Bonchev–Trinajstić information content (AvgIpc) is 3.23. The third-order valence-corrected chi connectivity index (χ3v) is 10.2. The number of hydrogen-bond donors (Lipinski definition) is 15. The summed E-state index contributed by atoms with van der Waals surface area (Å²) in [5.41, 5.74) is 10.9. The minimum absolute atomic E-state index is 0.131. The number of primary amides is 1. The standard InChI is InChI=1S/C39H62N10O19S/c1-16(2)30(48-35(63)19(7-8-24(41)50)43-25(51)15-42-33(61)21(12-27(54)55)45-32(60)18(40)6-9-26(52)53)37(65)44-20(10-11-69-5)34(62)46-22(13-28(56)57)36(64)49-31(17(3)4)38(66)47-23(39(67)68)14-29(58)59/h16-23,30-31H,6-15,40H2,1-5H3,(H2,41,50)(H,42,61)(H,43,51)(H,44,65)(H,45,60)(H,46,62)(H,47,66)(H,48,63)(H,49,64)(H,52,53)(H,54,55)(H,56,57)(H,58,59)(H,67,68)/t18-,19-,20-,21-,22-,23-,30-,31-/m0/s1. The van der Waals surface area contributed by atoms with Gasteiger partial charge < -0.3 is 79.5 Å². The van der Waals surface area contributed by atoms with Gasteiger partial charge in [-0.3, -0.25) is 62.3 Å². The third kappa shape index (κ3) is 25.0. The summed E-state index contributed by atoms with van der Waals surface area (Å²) < 4.78 is 0. The Morgan fingerprint density at radius 3 is 1.30 bits per heavy atom. The quantitative estimate of drug-likeness (QED) is 0.0286. The smallest absolute Gasteiger partial charge is 0.326 e. The van der Waals surface area contributed by atoms with Crippen LogP contribution in [0.4, 0.5) is 0 Å². The van der Waals surface area contributed by atoms with Gasteiger partial charge in [-0.25, -0.2) is 4.79 Å². The van der Waals surface area contributed by atoms with Crippen LogP contribution in [-0.2, 0) is 67.1 Å². The average molecular weight is 1010 g/mol. The fourth-order valence-electron chi connectivity index (χ4n) is 5.80. The van der Waals surface area contributed by atoms with Gasteiger partial charge in [0.05, 0.1) is 31.8 Å². The molecule has 69 heavy (non-hydrogen) atoms. The molecule has 0 saturated carbocycles. The molecule has 0 aromatic carbocycles. The molecule has 29 nitrogen and oxygen atoms in total. The lowest BCUT2D eigenvalue weighted by molar-refractivity contribution is -0.147. The lowest BCUT2D eigenvalue weighted by Gasteiger charge is -2.29. The normalized spacial score (nSPS) is 14.4. The Balaban J connectivity index is 6.28. The van der Waals surface area contributed by atoms with Crippen LogP contribution in [0.1, 0.15) is 79.1 Å². The van der Waals surface area contributed by atoms with Crippen molar-refractivity contribution in [1.82, 2.24) is 42.5 Å². The number of hydrogen-bond acceptors (Lipinski definition) is 16.